The number of hydrogen-bond acceptors (Lipinski definition) is 4. The van der Waals surface area contributed by atoms with Crippen LogP contribution in [0.15, 0.2) is 24.3 Å². The summed E-state index contributed by atoms with van der Waals surface area (Å²) in [6, 6.07) is 4.34. The number of ether oxygens (including phenoxy) is 1. The average Bonchev–Trinajstić information content (AvgIpc) is 3.05. The molecule has 2 saturated heterocycles. The summed E-state index contributed by atoms with van der Waals surface area (Å²) in [6.07, 6.45) is -3.98. The van der Waals surface area contributed by atoms with Gasteiger partial charge >= 0.3 is 12.3 Å². The Labute approximate surface area is 153 Å². The highest BCUT2D eigenvalue weighted by molar-refractivity contribution is 5.98. The SMILES string of the molecule is O=C(c1cccc(C(F)(F)F)c1)[C@H]1CCCN(C(=O)CN2CCOC2=O)C1. The summed E-state index contributed by atoms with van der Waals surface area (Å²) in [5.74, 6) is -1.26. The monoisotopic (exact) mass is 384 g/mol. The Morgan fingerprint density at radius 2 is 2.00 bits per heavy atom. The van der Waals surface area contributed by atoms with Crippen LogP contribution in [0.5, 0.6) is 0 Å². The number of piperidine rings is 1. The van der Waals surface area contributed by atoms with E-state index in [0.717, 1.165) is 12.1 Å². The van der Waals surface area contributed by atoms with Crippen LogP contribution in [0.25, 0.3) is 0 Å². The van der Waals surface area contributed by atoms with Crippen LogP contribution in [0.4, 0.5) is 18.0 Å². The van der Waals surface area contributed by atoms with E-state index < -0.39 is 29.5 Å². The maximum Gasteiger partial charge on any atom is 0.416 e. The van der Waals surface area contributed by atoms with Crippen molar-refractivity contribution >= 4 is 17.8 Å². The van der Waals surface area contributed by atoms with E-state index in [4.69, 9.17) is 4.74 Å². The summed E-state index contributed by atoms with van der Waals surface area (Å²) >= 11 is 0. The number of hydrogen-bond donors (Lipinski definition) is 0. The van der Waals surface area contributed by atoms with Gasteiger partial charge < -0.3 is 9.64 Å². The van der Waals surface area contributed by atoms with E-state index in [1.54, 1.807) is 0 Å². The molecule has 1 atom stereocenters. The first-order valence-corrected chi connectivity index (χ1v) is 8.66. The lowest BCUT2D eigenvalue weighted by molar-refractivity contribution is -0.137. The Bertz CT molecular complexity index is 750. The van der Waals surface area contributed by atoms with Crippen molar-refractivity contribution in [1.29, 1.82) is 0 Å². The summed E-state index contributed by atoms with van der Waals surface area (Å²) in [5, 5.41) is 0. The van der Waals surface area contributed by atoms with Gasteiger partial charge in [-0.15, -0.1) is 0 Å². The first-order valence-electron chi connectivity index (χ1n) is 8.66. The topological polar surface area (TPSA) is 66.9 Å². The second-order valence-electron chi connectivity index (χ2n) is 6.66. The van der Waals surface area contributed by atoms with Gasteiger partial charge in [0.2, 0.25) is 5.91 Å². The molecule has 6 nitrogen and oxygen atoms in total. The zero-order valence-electron chi connectivity index (χ0n) is 14.5. The number of halogens is 3. The van der Waals surface area contributed by atoms with Crippen LogP contribution >= 0.6 is 0 Å². The number of alkyl halides is 3. The van der Waals surface area contributed by atoms with Crippen molar-refractivity contribution in [2.24, 2.45) is 5.92 Å². The highest BCUT2D eigenvalue weighted by atomic mass is 19.4. The van der Waals surface area contributed by atoms with Gasteiger partial charge in [-0.25, -0.2) is 4.79 Å². The van der Waals surface area contributed by atoms with E-state index >= 15 is 0 Å². The fourth-order valence-electron chi connectivity index (χ4n) is 3.33. The second kappa shape index (κ2) is 7.58. The molecule has 1 aromatic carbocycles. The number of rotatable bonds is 4. The molecular weight excluding hydrogens is 365 g/mol. The van der Waals surface area contributed by atoms with E-state index in [-0.39, 0.29) is 31.2 Å². The number of carbonyl (C=O) groups excluding carboxylic acids is 3. The molecule has 0 spiro atoms. The van der Waals surface area contributed by atoms with Gasteiger partial charge in [0.15, 0.2) is 5.78 Å². The van der Waals surface area contributed by atoms with Gasteiger partial charge in [-0.3, -0.25) is 14.5 Å². The van der Waals surface area contributed by atoms with E-state index in [2.05, 4.69) is 0 Å². The molecule has 2 heterocycles. The van der Waals surface area contributed by atoms with Gasteiger partial charge in [-0.1, -0.05) is 12.1 Å². The van der Waals surface area contributed by atoms with Crippen LogP contribution in [-0.4, -0.2) is 60.4 Å². The highest BCUT2D eigenvalue weighted by Gasteiger charge is 2.34. The zero-order chi connectivity index (χ0) is 19.6. The van der Waals surface area contributed by atoms with Gasteiger partial charge in [0.25, 0.3) is 0 Å². The molecule has 0 radical (unpaired) electrons. The van der Waals surface area contributed by atoms with Gasteiger partial charge in [0, 0.05) is 24.6 Å². The Balaban J connectivity index is 1.66. The third-order valence-corrected chi connectivity index (χ3v) is 4.79. The lowest BCUT2D eigenvalue weighted by atomic mass is 9.89. The third-order valence-electron chi connectivity index (χ3n) is 4.79. The number of amides is 2. The summed E-state index contributed by atoms with van der Waals surface area (Å²) in [5.41, 5.74) is -0.878. The molecule has 2 aliphatic heterocycles. The third kappa shape index (κ3) is 4.40. The maximum absolute atomic E-state index is 12.9. The average molecular weight is 384 g/mol. The number of likely N-dealkylation sites (tertiary alicyclic amines) is 1. The quantitative estimate of drug-likeness (QED) is 0.749. The summed E-state index contributed by atoms with van der Waals surface area (Å²) in [4.78, 5) is 39.3. The Kier molecular flexibility index (Phi) is 5.38. The van der Waals surface area contributed by atoms with E-state index in [0.29, 0.717) is 25.9 Å². The van der Waals surface area contributed by atoms with Crippen LogP contribution < -0.4 is 0 Å². The number of cyclic esters (lactones) is 1. The van der Waals surface area contributed by atoms with Crippen LogP contribution in [0.3, 0.4) is 0 Å². The van der Waals surface area contributed by atoms with Crippen LogP contribution in [0.1, 0.15) is 28.8 Å². The fourth-order valence-corrected chi connectivity index (χ4v) is 3.33. The predicted octanol–water partition coefficient (Wildman–Crippen LogP) is 2.58. The Morgan fingerprint density at radius 3 is 2.67 bits per heavy atom. The largest absolute Gasteiger partial charge is 0.448 e. The van der Waals surface area contributed by atoms with E-state index in [1.165, 1.54) is 21.9 Å². The minimum atomic E-state index is -4.52. The van der Waals surface area contributed by atoms with Gasteiger partial charge in [-0.2, -0.15) is 13.2 Å². The molecule has 0 unspecified atom stereocenters. The van der Waals surface area contributed by atoms with Crippen molar-refractivity contribution in [2.75, 3.05) is 32.8 Å². The van der Waals surface area contributed by atoms with Crippen molar-refractivity contribution in [3.05, 3.63) is 35.4 Å². The van der Waals surface area contributed by atoms with Gasteiger partial charge in [0.05, 0.1) is 12.1 Å². The molecule has 2 amide bonds. The van der Waals surface area contributed by atoms with Crippen molar-refractivity contribution < 1.29 is 32.3 Å². The first-order chi connectivity index (χ1) is 12.8. The smallest absolute Gasteiger partial charge is 0.416 e. The van der Waals surface area contributed by atoms with Crippen LogP contribution in [0.2, 0.25) is 0 Å². The number of benzene rings is 1. The maximum atomic E-state index is 12.9. The molecule has 9 heteroatoms. The van der Waals surface area contributed by atoms with Crippen LogP contribution in [-0.2, 0) is 15.7 Å². The van der Waals surface area contributed by atoms with Crippen LogP contribution in [0, 0.1) is 5.92 Å². The minimum Gasteiger partial charge on any atom is -0.448 e. The van der Waals surface area contributed by atoms with Crippen molar-refractivity contribution in [1.82, 2.24) is 9.80 Å². The molecule has 1 aromatic rings. The molecule has 3 rings (SSSR count). The fraction of sp³-hybridized carbons (Fsp3) is 0.500. The number of ketones is 1. The van der Waals surface area contributed by atoms with Gasteiger partial charge in [0.1, 0.15) is 13.2 Å². The first kappa shape index (κ1) is 19.2. The minimum absolute atomic E-state index is 0.00718. The number of Topliss-reactive ketones (excluding diaryl/α,β-unsaturated/α-hetero) is 1. The second-order valence-corrected chi connectivity index (χ2v) is 6.66. The van der Waals surface area contributed by atoms with Crippen molar-refractivity contribution in [2.45, 2.75) is 19.0 Å². The van der Waals surface area contributed by atoms with E-state index in [9.17, 15) is 27.6 Å². The standard InChI is InChI=1S/C18H19F3N2O4/c19-18(20,21)14-5-1-3-12(9-14)16(25)13-4-2-6-22(10-13)15(24)11-23-7-8-27-17(23)26/h1,3,5,9,13H,2,4,6-8,10-11H2/t13-/m0/s1. The molecule has 2 aliphatic rings. The predicted molar refractivity (Wildman–Crippen MR) is 88.0 cm³/mol. The number of nitrogens with zero attached hydrogens (tertiary/aromatic N) is 2. The number of carbonyl (C=O) groups is 3. The van der Waals surface area contributed by atoms with Crippen molar-refractivity contribution in [3.63, 3.8) is 0 Å². The molecule has 27 heavy (non-hydrogen) atoms. The molecule has 0 aliphatic carbocycles. The Hall–Kier alpha value is -2.58. The summed E-state index contributed by atoms with van der Waals surface area (Å²) < 4.78 is 43.4. The molecule has 0 saturated carbocycles. The van der Waals surface area contributed by atoms with Crippen molar-refractivity contribution in [3.8, 4) is 0 Å². The van der Waals surface area contributed by atoms with Gasteiger partial charge in [-0.05, 0) is 25.0 Å². The summed E-state index contributed by atoms with van der Waals surface area (Å²) in [6.45, 7) is 1.04. The van der Waals surface area contributed by atoms with E-state index in [1.807, 2.05) is 0 Å². The molecular formula is C18H19F3N2O4. The highest BCUT2D eigenvalue weighted by Crippen LogP contribution is 2.30. The normalized spacial score (nSPS) is 20.6. The lowest BCUT2D eigenvalue weighted by Gasteiger charge is -2.33. The lowest BCUT2D eigenvalue weighted by Crippen LogP contribution is -2.46. The molecule has 0 N–H and O–H groups in total. The molecule has 0 aromatic heterocycles. The zero-order valence-corrected chi connectivity index (χ0v) is 14.5. The Morgan fingerprint density at radius 1 is 1.22 bits per heavy atom. The molecule has 146 valence electrons. The molecule has 0 bridgehead atoms. The summed E-state index contributed by atoms with van der Waals surface area (Å²) in [7, 11) is 0. The molecule has 2 fully saturated rings.